The molecular weight excluding hydrogens is 623 g/mol. The van der Waals surface area contributed by atoms with E-state index in [-0.39, 0.29) is 36.4 Å². The number of hydrogen-bond acceptors (Lipinski definition) is 6. The smallest absolute Gasteiger partial charge is 0.232 e. The van der Waals surface area contributed by atoms with Crippen molar-refractivity contribution < 1.29 is 37.0 Å². The first-order valence-corrected chi connectivity index (χ1v) is 16.3. The Morgan fingerprint density at radius 3 is 2.33 bits per heavy atom. The van der Waals surface area contributed by atoms with Crippen LogP contribution in [-0.4, -0.2) is 73.3 Å². The topological polar surface area (TPSA) is 80.7 Å². The fourth-order valence-electron chi connectivity index (χ4n) is 6.83. The third kappa shape index (κ3) is 7.15. The maximum Gasteiger partial charge on any atom is 0.232 e. The van der Waals surface area contributed by atoms with E-state index >= 15 is 0 Å². The minimum Gasteiger partial charge on any atom is -0.493 e. The number of hydrogen-bond donors (Lipinski definition) is 0. The first-order chi connectivity index (χ1) is 23.2. The van der Waals surface area contributed by atoms with E-state index in [1.807, 2.05) is 47.4 Å². The molecule has 3 aliphatic rings. The van der Waals surface area contributed by atoms with E-state index < -0.39 is 29.1 Å². The van der Waals surface area contributed by atoms with Crippen molar-refractivity contribution in [1.29, 1.82) is 0 Å². The van der Waals surface area contributed by atoms with Crippen LogP contribution in [0.25, 0.3) is 0 Å². The van der Waals surface area contributed by atoms with Crippen molar-refractivity contribution in [3.8, 4) is 17.2 Å². The van der Waals surface area contributed by atoms with Crippen molar-refractivity contribution in [2.45, 2.75) is 63.6 Å². The molecule has 3 aromatic carbocycles. The van der Waals surface area contributed by atoms with Gasteiger partial charge in [-0.15, -0.1) is 0 Å². The molecule has 8 nitrogen and oxygen atoms in total. The molecule has 2 heterocycles. The van der Waals surface area contributed by atoms with Gasteiger partial charge in [0.25, 0.3) is 0 Å². The Bertz CT molecular complexity index is 1690. The van der Waals surface area contributed by atoms with Crippen molar-refractivity contribution >= 4 is 17.5 Å². The van der Waals surface area contributed by atoms with Crippen LogP contribution in [0.3, 0.4) is 0 Å². The summed E-state index contributed by atoms with van der Waals surface area (Å²) in [5.41, 5.74) is 3.70. The van der Waals surface area contributed by atoms with Crippen LogP contribution in [0.2, 0.25) is 0 Å². The predicted molar refractivity (Wildman–Crippen MR) is 174 cm³/mol. The van der Waals surface area contributed by atoms with Gasteiger partial charge in [0.05, 0.1) is 39.3 Å². The number of amides is 2. The van der Waals surface area contributed by atoms with Crippen molar-refractivity contribution in [3.05, 3.63) is 88.7 Å². The second-order valence-corrected chi connectivity index (χ2v) is 12.7. The number of ether oxygens (including phenoxy) is 3. The monoisotopic (exact) mass is 663 g/mol. The standard InChI is InChI=1S/C37H40F3N3O5/c1-22(44)42-20-26-18-28(25-9-6-23(7-10-25)5-4-16-48-36-30(39)14-13-29(38)35(36)40)34(31(21-42)41-26)37(45)43(27-11-12-27)19-24-8-15-32(46-2)33(17-24)47-3/h6-10,13-15,17,26-28,34H,4-5,11-12,16,18-21H2,1-3H3/t26-,28?,34?/m1/s1. The van der Waals surface area contributed by atoms with Gasteiger partial charge >= 0.3 is 0 Å². The van der Waals surface area contributed by atoms with Crippen LogP contribution < -0.4 is 14.2 Å². The number of nitrogens with zero attached hydrogens (tertiary/aromatic N) is 3. The van der Waals surface area contributed by atoms with E-state index in [0.29, 0.717) is 50.4 Å². The zero-order valence-corrected chi connectivity index (χ0v) is 27.4. The molecule has 1 aliphatic carbocycles. The highest BCUT2D eigenvalue weighted by molar-refractivity contribution is 6.08. The molecule has 6 rings (SSSR count). The zero-order chi connectivity index (χ0) is 33.9. The number of halogens is 3. The van der Waals surface area contributed by atoms with Gasteiger partial charge in [0.1, 0.15) is 0 Å². The maximum absolute atomic E-state index is 14.6. The molecule has 1 fully saturated rings. The molecule has 254 valence electrons. The van der Waals surface area contributed by atoms with E-state index in [2.05, 4.69) is 0 Å². The minimum atomic E-state index is -1.33. The SMILES string of the molecule is COc1ccc(CN(C(=O)C2C3=N[C@H](CC2c2ccc(CCCOc4c(F)ccc(F)c4F)cc2)CN(C(C)=O)C3)C2CC2)cc1OC. The third-order valence-corrected chi connectivity index (χ3v) is 9.47. The lowest BCUT2D eigenvalue weighted by Crippen LogP contribution is -2.54. The van der Waals surface area contributed by atoms with E-state index in [1.54, 1.807) is 26.0 Å². The first kappa shape index (κ1) is 33.4. The van der Waals surface area contributed by atoms with E-state index in [0.717, 1.165) is 47.4 Å². The Labute approximate surface area is 278 Å². The van der Waals surface area contributed by atoms with Crippen LogP contribution in [0.15, 0.2) is 59.6 Å². The molecular formula is C37H40F3N3O5. The maximum atomic E-state index is 14.6. The Morgan fingerprint density at radius 1 is 0.938 bits per heavy atom. The van der Waals surface area contributed by atoms with Gasteiger partial charge in [-0.25, -0.2) is 8.78 Å². The Morgan fingerprint density at radius 2 is 1.65 bits per heavy atom. The molecule has 0 radical (unpaired) electrons. The van der Waals surface area contributed by atoms with Crippen molar-refractivity contribution in [2.24, 2.45) is 10.9 Å². The van der Waals surface area contributed by atoms with Crippen LogP contribution >= 0.6 is 0 Å². The average molecular weight is 664 g/mol. The second-order valence-electron chi connectivity index (χ2n) is 12.7. The van der Waals surface area contributed by atoms with Crippen LogP contribution in [0.5, 0.6) is 17.2 Å². The van der Waals surface area contributed by atoms with Gasteiger partial charge in [0.15, 0.2) is 28.9 Å². The number of methoxy groups -OCH3 is 2. The molecule has 0 spiro atoms. The molecule has 3 atom stereocenters. The van der Waals surface area contributed by atoms with Gasteiger partial charge < -0.3 is 24.0 Å². The lowest BCUT2D eigenvalue weighted by atomic mass is 9.74. The molecule has 48 heavy (non-hydrogen) atoms. The van der Waals surface area contributed by atoms with Gasteiger partial charge in [-0.05, 0) is 73.1 Å². The largest absolute Gasteiger partial charge is 0.493 e. The van der Waals surface area contributed by atoms with Gasteiger partial charge in [-0.1, -0.05) is 30.3 Å². The number of carbonyl (C=O) groups excluding carboxylic acids is 2. The molecule has 0 aromatic heterocycles. The van der Waals surface area contributed by atoms with Gasteiger partial charge in [-0.3, -0.25) is 14.6 Å². The van der Waals surface area contributed by atoms with Gasteiger partial charge in [-0.2, -0.15) is 4.39 Å². The highest BCUT2D eigenvalue weighted by Gasteiger charge is 2.46. The molecule has 0 N–H and O–H groups in total. The fraction of sp³-hybridized carbons (Fsp3) is 0.432. The Balaban J connectivity index is 1.20. The van der Waals surface area contributed by atoms with Crippen LogP contribution in [0.4, 0.5) is 13.2 Å². The fourth-order valence-corrected chi connectivity index (χ4v) is 6.83. The summed E-state index contributed by atoms with van der Waals surface area (Å²) >= 11 is 0. The molecule has 2 amide bonds. The summed E-state index contributed by atoms with van der Waals surface area (Å²) in [5, 5.41) is 0. The summed E-state index contributed by atoms with van der Waals surface area (Å²) in [4.78, 5) is 35.8. The van der Waals surface area contributed by atoms with Crippen molar-refractivity contribution in [1.82, 2.24) is 9.80 Å². The number of benzene rings is 3. The summed E-state index contributed by atoms with van der Waals surface area (Å²) in [6, 6.07) is 15.4. The van der Waals surface area contributed by atoms with E-state index in [1.165, 1.54) is 0 Å². The third-order valence-electron chi connectivity index (χ3n) is 9.47. The number of rotatable bonds is 12. The van der Waals surface area contributed by atoms with Crippen molar-refractivity contribution in [3.63, 3.8) is 0 Å². The van der Waals surface area contributed by atoms with E-state index in [9.17, 15) is 22.8 Å². The number of aliphatic imine (C=N–C) groups is 1. The number of likely N-dealkylation sites (tertiary alicyclic amines) is 1. The molecule has 2 unspecified atom stereocenters. The quantitative estimate of drug-likeness (QED) is 0.173. The summed E-state index contributed by atoms with van der Waals surface area (Å²) in [5.74, 6) is -3.57. The molecule has 3 aromatic rings. The van der Waals surface area contributed by atoms with Crippen LogP contribution in [-0.2, 0) is 22.6 Å². The minimum absolute atomic E-state index is 0.0120. The Kier molecular flexibility index (Phi) is 9.93. The summed E-state index contributed by atoms with van der Waals surface area (Å²) < 4.78 is 57.5. The van der Waals surface area contributed by atoms with E-state index in [4.69, 9.17) is 19.2 Å². The average Bonchev–Trinajstić information content (AvgIpc) is 3.93. The lowest BCUT2D eigenvalue weighted by Gasteiger charge is -2.43. The molecule has 2 aliphatic heterocycles. The zero-order valence-electron chi connectivity index (χ0n) is 27.4. The molecule has 1 saturated carbocycles. The normalized spacial score (nSPS) is 20.2. The lowest BCUT2D eigenvalue weighted by molar-refractivity contribution is -0.136. The molecule has 2 bridgehead atoms. The predicted octanol–water partition coefficient (Wildman–Crippen LogP) is 6.10. The van der Waals surface area contributed by atoms with Crippen molar-refractivity contribution in [2.75, 3.05) is 33.9 Å². The van der Waals surface area contributed by atoms with Gasteiger partial charge in [0, 0.05) is 37.7 Å². The summed E-state index contributed by atoms with van der Waals surface area (Å²) in [7, 11) is 3.18. The summed E-state index contributed by atoms with van der Waals surface area (Å²) in [6.45, 7) is 2.85. The second kappa shape index (κ2) is 14.3. The first-order valence-electron chi connectivity index (χ1n) is 16.3. The number of fused-ring (bicyclic) bond motifs is 1. The number of carbonyl (C=O) groups is 2. The molecule has 0 saturated heterocycles. The Hall–Kier alpha value is -4.54. The van der Waals surface area contributed by atoms with Crippen LogP contribution in [0, 0.1) is 23.4 Å². The van der Waals surface area contributed by atoms with Crippen LogP contribution in [0.1, 0.15) is 55.2 Å². The van der Waals surface area contributed by atoms with Gasteiger partial charge in [0.2, 0.25) is 17.6 Å². The highest BCUT2D eigenvalue weighted by Crippen LogP contribution is 2.41. The highest BCUT2D eigenvalue weighted by atomic mass is 19.2. The number of aryl methyl sites for hydroxylation is 1. The summed E-state index contributed by atoms with van der Waals surface area (Å²) in [6.07, 6.45) is 3.54. The molecule has 11 heteroatoms.